The quantitative estimate of drug-likeness (QED) is 0.899. The van der Waals surface area contributed by atoms with E-state index in [2.05, 4.69) is 15.3 Å². The summed E-state index contributed by atoms with van der Waals surface area (Å²) in [4.78, 5) is 8.81. The maximum absolute atomic E-state index is 13.9. The predicted molar refractivity (Wildman–Crippen MR) is 72.3 cm³/mol. The standard InChI is InChI=1S/C15H16FN3/c16-13-6-2-1-5-12(13)15-14(18-8-9-19-15)11-4-3-7-17-10-11/h1-2,5-6,8-9,11,17H,3-4,7,10H2/t11-/m1/s1. The number of nitrogens with zero attached hydrogens (tertiary/aromatic N) is 2. The summed E-state index contributed by atoms with van der Waals surface area (Å²) >= 11 is 0. The van der Waals surface area contributed by atoms with E-state index in [4.69, 9.17) is 0 Å². The lowest BCUT2D eigenvalue weighted by Crippen LogP contribution is -2.29. The van der Waals surface area contributed by atoms with Crippen LogP contribution in [0.2, 0.25) is 0 Å². The van der Waals surface area contributed by atoms with Crippen LogP contribution >= 0.6 is 0 Å². The largest absolute Gasteiger partial charge is 0.316 e. The average molecular weight is 257 g/mol. The Kier molecular flexibility index (Phi) is 3.51. The smallest absolute Gasteiger partial charge is 0.132 e. The molecule has 1 fully saturated rings. The first-order valence-corrected chi connectivity index (χ1v) is 6.63. The van der Waals surface area contributed by atoms with Gasteiger partial charge in [0.2, 0.25) is 0 Å². The van der Waals surface area contributed by atoms with Crippen LogP contribution in [0, 0.1) is 5.82 Å². The third-order valence-corrected chi connectivity index (χ3v) is 3.54. The summed E-state index contributed by atoms with van der Waals surface area (Å²) in [6.07, 6.45) is 5.51. The van der Waals surface area contributed by atoms with Crippen LogP contribution in [0.15, 0.2) is 36.7 Å². The Hall–Kier alpha value is -1.81. The van der Waals surface area contributed by atoms with Gasteiger partial charge in [-0.1, -0.05) is 12.1 Å². The molecule has 98 valence electrons. The van der Waals surface area contributed by atoms with E-state index >= 15 is 0 Å². The second kappa shape index (κ2) is 5.45. The summed E-state index contributed by atoms with van der Waals surface area (Å²) < 4.78 is 13.9. The van der Waals surface area contributed by atoms with E-state index in [0.717, 1.165) is 31.6 Å². The van der Waals surface area contributed by atoms with Crippen LogP contribution in [0.3, 0.4) is 0 Å². The van der Waals surface area contributed by atoms with Gasteiger partial charge in [0.15, 0.2) is 0 Å². The van der Waals surface area contributed by atoms with Crippen molar-refractivity contribution >= 4 is 0 Å². The third-order valence-electron chi connectivity index (χ3n) is 3.54. The minimum Gasteiger partial charge on any atom is -0.316 e. The lowest BCUT2D eigenvalue weighted by molar-refractivity contribution is 0.454. The first kappa shape index (κ1) is 12.2. The van der Waals surface area contributed by atoms with Gasteiger partial charge in [-0.15, -0.1) is 0 Å². The summed E-state index contributed by atoms with van der Waals surface area (Å²) in [7, 11) is 0. The number of piperidine rings is 1. The Morgan fingerprint density at radius 1 is 1.16 bits per heavy atom. The van der Waals surface area contributed by atoms with E-state index in [1.807, 2.05) is 6.07 Å². The van der Waals surface area contributed by atoms with Crippen molar-refractivity contribution in [3.63, 3.8) is 0 Å². The number of nitrogens with one attached hydrogen (secondary N) is 1. The molecule has 2 aromatic rings. The number of hydrogen-bond donors (Lipinski definition) is 1. The van der Waals surface area contributed by atoms with Crippen LogP contribution < -0.4 is 5.32 Å². The molecule has 1 aromatic heterocycles. The van der Waals surface area contributed by atoms with Crippen molar-refractivity contribution in [2.75, 3.05) is 13.1 Å². The maximum atomic E-state index is 13.9. The third kappa shape index (κ3) is 2.49. The zero-order valence-electron chi connectivity index (χ0n) is 10.6. The number of aromatic nitrogens is 2. The second-order valence-electron chi connectivity index (χ2n) is 4.81. The molecule has 1 atom stereocenters. The summed E-state index contributed by atoms with van der Waals surface area (Å²) in [6.45, 7) is 1.94. The van der Waals surface area contributed by atoms with Crippen molar-refractivity contribution in [3.8, 4) is 11.3 Å². The molecule has 1 saturated heterocycles. The summed E-state index contributed by atoms with van der Waals surface area (Å²) in [5.74, 6) is 0.0741. The van der Waals surface area contributed by atoms with Crippen molar-refractivity contribution in [1.82, 2.24) is 15.3 Å². The van der Waals surface area contributed by atoms with Crippen molar-refractivity contribution in [3.05, 3.63) is 48.2 Å². The highest BCUT2D eigenvalue weighted by atomic mass is 19.1. The van der Waals surface area contributed by atoms with E-state index in [1.165, 1.54) is 6.07 Å². The average Bonchev–Trinajstić information content (AvgIpc) is 2.49. The molecule has 0 bridgehead atoms. The Morgan fingerprint density at radius 3 is 2.79 bits per heavy atom. The van der Waals surface area contributed by atoms with Gasteiger partial charge in [0.05, 0.1) is 11.4 Å². The molecule has 3 rings (SSSR count). The van der Waals surface area contributed by atoms with Crippen molar-refractivity contribution < 1.29 is 4.39 Å². The number of hydrogen-bond acceptors (Lipinski definition) is 3. The first-order valence-electron chi connectivity index (χ1n) is 6.63. The zero-order valence-corrected chi connectivity index (χ0v) is 10.6. The van der Waals surface area contributed by atoms with Gasteiger partial charge in [-0.25, -0.2) is 4.39 Å². The number of rotatable bonds is 2. The lowest BCUT2D eigenvalue weighted by Gasteiger charge is -2.23. The second-order valence-corrected chi connectivity index (χ2v) is 4.81. The van der Waals surface area contributed by atoms with Gasteiger partial charge in [0, 0.05) is 30.4 Å². The Balaban J connectivity index is 2.04. The highest BCUT2D eigenvalue weighted by Gasteiger charge is 2.22. The highest BCUT2D eigenvalue weighted by Crippen LogP contribution is 2.30. The fourth-order valence-electron chi connectivity index (χ4n) is 2.59. The van der Waals surface area contributed by atoms with E-state index in [0.29, 0.717) is 17.2 Å². The van der Waals surface area contributed by atoms with Gasteiger partial charge < -0.3 is 5.32 Å². The van der Waals surface area contributed by atoms with Gasteiger partial charge in [0.1, 0.15) is 5.82 Å². The number of halogens is 1. The summed E-state index contributed by atoms with van der Waals surface area (Å²) in [5, 5.41) is 3.37. The van der Waals surface area contributed by atoms with Crippen LogP contribution in [0.25, 0.3) is 11.3 Å². The monoisotopic (exact) mass is 257 g/mol. The molecule has 1 aliphatic rings. The molecule has 4 heteroatoms. The van der Waals surface area contributed by atoms with Crippen molar-refractivity contribution in [2.24, 2.45) is 0 Å². The Bertz CT molecular complexity index is 565. The fraction of sp³-hybridized carbons (Fsp3) is 0.333. The Labute approximate surface area is 111 Å². The molecule has 1 aromatic carbocycles. The molecule has 0 amide bonds. The normalized spacial score (nSPS) is 19.3. The van der Waals surface area contributed by atoms with Gasteiger partial charge in [0.25, 0.3) is 0 Å². The molecule has 0 radical (unpaired) electrons. The highest BCUT2D eigenvalue weighted by molar-refractivity contribution is 5.62. The zero-order chi connectivity index (χ0) is 13.1. The molecular formula is C15H16FN3. The summed E-state index contributed by atoms with van der Waals surface area (Å²) in [6, 6.07) is 6.75. The first-order chi connectivity index (χ1) is 9.36. The van der Waals surface area contributed by atoms with E-state index in [1.54, 1.807) is 24.5 Å². The van der Waals surface area contributed by atoms with Crippen LogP contribution in [0.4, 0.5) is 4.39 Å². The fourth-order valence-corrected chi connectivity index (χ4v) is 2.59. The molecular weight excluding hydrogens is 241 g/mol. The minimum absolute atomic E-state index is 0.243. The lowest BCUT2D eigenvalue weighted by atomic mass is 9.92. The molecule has 1 aliphatic heterocycles. The molecule has 3 nitrogen and oxygen atoms in total. The maximum Gasteiger partial charge on any atom is 0.132 e. The van der Waals surface area contributed by atoms with Gasteiger partial charge >= 0.3 is 0 Å². The molecule has 1 N–H and O–H groups in total. The molecule has 0 spiro atoms. The van der Waals surface area contributed by atoms with Gasteiger partial charge in [-0.2, -0.15) is 0 Å². The predicted octanol–water partition coefficient (Wildman–Crippen LogP) is 2.75. The van der Waals surface area contributed by atoms with Crippen molar-refractivity contribution in [2.45, 2.75) is 18.8 Å². The topological polar surface area (TPSA) is 37.8 Å². The van der Waals surface area contributed by atoms with Crippen molar-refractivity contribution in [1.29, 1.82) is 0 Å². The SMILES string of the molecule is Fc1ccccc1-c1nccnc1[C@@H]1CCCNC1. The van der Waals surface area contributed by atoms with Crippen LogP contribution in [-0.2, 0) is 0 Å². The van der Waals surface area contributed by atoms with E-state index in [-0.39, 0.29) is 5.82 Å². The summed E-state index contributed by atoms with van der Waals surface area (Å²) in [5.41, 5.74) is 2.12. The molecule has 0 aliphatic carbocycles. The van der Waals surface area contributed by atoms with Crippen LogP contribution in [0.1, 0.15) is 24.5 Å². The molecule has 0 unspecified atom stereocenters. The molecule has 0 saturated carbocycles. The van der Waals surface area contributed by atoms with Crippen LogP contribution in [-0.4, -0.2) is 23.1 Å². The van der Waals surface area contributed by atoms with E-state index < -0.39 is 0 Å². The molecule has 2 heterocycles. The van der Waals surface area contributed by atoms with Crippen LogP contribution in [0.5, 0.6) is 0 Å². The molecule has 19 heavy (non-hydrogen) atoms. The minimum atomic E-state index is -0.243. The van der Waals surface area contributed by atoms with Gasteiger partial charge in [-0.3, -0.25) is 9.97 Å². The van der Waals surface area contributed by atoms with E-state index in [9.17, 15) is 4.39 Å². The Morgan fingerprint density at radius 2 is 2.00 bits per heavy atom. The van der Waals surface area contributed by atoms with Gasteiger partial charge in [-0.05, 0) is 31.5 Å². The number of benzene rings is 1.